The van der Waals surface area contributed by atoms with Crippen LogP contribution in [0, 0.1) is 0 Å². The maximum Gasteiger partial charge on any atom is 0.192 e. The van der Waals surface area contributed by atoms with Crippen LogP contribution < -0.4 is 10.5 Å². The first-order chi connectivity index (χ1) is 10.2. The van der Waals surface area contributed by atoms with Gasteiger partial charge in [-0.2, -0.15) is 0 Å². The lowest BCUT2D eigenvalue weighted by Crippen LogP contribution is -2.45. The van der Waals surface area contributed by atoms with Crippen molar-refractivity contribution in [1.82, 2.24) is 4.98 Å². The highest BCUT2D eigenvalue weighted by Crippen LogP contribution is 2.39. The first kappa shape index (κ1) is 17.3. The van der Waals surface area contributed by atoms with Gasteiger partial charge in [-0.05, 0) is 55.9 Å². The zero-order chi connectivity index (χ0) is 16.4. The van der Waals surface area contributed by atoms with E-state index >= 15 is 0 Å². The quantitative estimate of drug-likeness (QED) is 0.836. The minimum absolute atomic E-state index is 0.268. The molecule has 5 heteroatoms. The van der Waals surface area contributed by atoms with E-state index in [9.17, 15) is 0 Å². The Morgan fingerprint density at radius 3 is 2.18 bits per heavy atom. The standard InChI is InChI=1S/C17H30N2O2Si/c1-17(2,3)22(4,5)21-14-8-6-13(7-9-14)20-15-10-11-16(18)19-12-15/h10-14H,6-9H2,1-5H3,(H2,18,19). The van der Waals surface area contributed by atoms with Gasteiger partial charge >= 0.3 is 0 Å². The third kappa shape index (κ3) is 4.46. The van der Waals surface area contributed by atoms with Crippen LogP contribution in [0.3, 0.4) is 0 Å². The van der Waals surface area contributed by atoms with Gasteiger partial charge in [0.15, 0.2) is 8.32 Å². The van der Waals surface area contributed by atoms with Crippen molar-refractivity contribution in [3.63, 3.8) is 0 Å². The summed E-state index contributed by atoms with van der Waals surface area (Å²) in [5.74, 6) is 1.33. The topological polar surface area (TPSA) is 57.4 Å². The molecule has 1 aromatic heterocycles. The molecule has 1 heterocycles. The Labute approximate surface area is 135 Å². The predicted octanol–water partition coefficient (Wildman–Crippen LogP) is 4.38. The van der Waals surface area contributed by atoms with Crippen LogP contribution in [0.5, 0.6) is 5.75 Å². The fourth-order valence-electron chi connectivity index (χ4n) is 2.52. The largest absolute Gasteiger partial charge is 0.489 e. The SMILES string of the molecule is CC(C)(C)[Si](C)(C)OC1CCC(Oc2ccc(N)nc2)CC1. The molecule has 2 N–H and O–H groups in total. The number of nitrogens with zero attached hydrogens (tertiary/aromatic N) is 1. The number of anilines is 1. The van der Waals surface area contributed by atoms with Gasteiger partial charge in [-0.25, -0.2) is 4.98 Å². The Hall–Kier alpha value is -1.07. The lowest BCUT2D eigenvalue weighted by Gasteiger charge is -2.41. The molecule has 1 fully saturated rings. The van der Waals surface area contributed by atoms with E-state index in [1.54, 1.807) is 12.3 Å². The summed E-state index contributed by atoms with van der Waals surface area (Å²) < 4.78 is 12.5. The van der Waals surface area contributed by atoms with Crippen molar-refractivity contribution in [2.24, 2.45) is 0 Å². The van der Waals surface area contributed by atoms with E-state index in [1.807, 2.05) is 6.07 Å². The number of hydrogen-bond donors (Lipinski definition) is 1. The second-order valence-electron chi connectivity index (χ2n) is 7.81. The van der Waals surface area contributed by atoms with Crippen molar-refractivity contribution in [2.75, 3.05) is 5.73 Å². The van der Waals surface area contributed by atoms with E-state index in [0.717, 1.165) is 31.4 Å². The zero-order valence-electron chi connectivity index (χ0n) is 14.6. The average molecular weight is 323 g/mol. The second-order valence-corrected chi connectivity index (χ2v) is 12.6. The maximum absolute atomic E-state index is 6.51. The van der Waals surface area contributed by atoms with Crippen LogP contribution in [0.1, 0.15) is 46.5 Å². The third-order valence-electron chi connectivity index (χ3n) is 4.95. The van der Waals surface area contributed by atoms with Crippen LogP contribution in [-0.2, 0) is 4.43 Å². The van der Waals surface area contributed by atoms with Crippen LogP contribution in [0.4, 0.5) is 5.82 Å². The normalized spacial score (nSPS) is 23.3. The van der Waals surface area contributed by atoms with Crippen molar-refractivity contribution in [2.45, 2.75) is 76.8 Å². The summed E-state index contributed by atoms with van der Waals surface area (Å²) in [5, 5.41) is 0.274. The van der Waals surface area contributed by atoms with E-state index in [2.05, 4.69) is 38.8 Å². The summed E-state index contributed by atoms with van der Waals surface area (Å²) in [6.07, 6.45) is 6.62. The first-order valence-electron chi connectivity index (χ1n) is 8.23. The van der Waals surface area contributed by atoms with Gasteiger partial charge in [-0.3, -0.25) is 0 Å². The molecule has 0 aliphatic heterocycles. The number of nitrogens with two attached hydrogens (primary N) is 1. The first-order valence-corrected chi connectivity index (χ1v) is 11.1. The van der Waals surface area contributed by atoms with Crippen molar-refractivity contribution >= 4 is 14.1 Å². The summed E-state index contributed by atoms with van der Waals surface area (Å²) in [4.78, 5) is 4.07. The van der Waals surface area contributed by atoms with Crippen molar-refractivity contribution < 1.29 is 9.16 Å². The average Bonchev–Trinajstić information content (AvgIpc) is 2.42. The van der Waals surface area contributed by atoms with E-state index in [-0.39, 0.29) is 11.1 Å². The summed E-state index contributed by atoms with van der Waals surface area (Å²) in [7, 11) is -1.66. The predicted molar refractivity (Wildman–Crippen MR) is 93.6 cm³/mol. The molecule has 0 bridgehead atoms. The monoisotopic (exact) mass is 322 g/mol. The molecule has 0 amide bonds. The molecule has 2 rings (SSSR count). The molecule has 0 spiro atoms. The Morgan fingerprint density at radius 2 is 1.68 bits per heavy atom. The van der Waals surface area contributed by atoms with Crippen molar-refractivity contribution in [1.29, 1.82) is 0 Å². The molecule has 124 valence electrons. The molecule has 1 aliphatic carbocycles. The van der Waals surface area contributed by atoms with E-state index in [4.69, 9.17) is 14.9 Å². The molecule has 4 nitrogen and oxygen atoms in total. The second kappa shape index (κ2) is 6.58. The molecule has 0 atom stereocenters. The van der Waals surface area contributed by atoms with Crippen LogP contribution in [0.15, 0.2) is 18.3 Å². The van der Waals surface area contributed by atoms with Crippen LogP contribution in [0.2, 0.25) is 18.1 Å². The van der Waals surface area contributed by atoms with Crippen LogP contribution in [-0.4, -0.2) is 25.5 Å². The third-order valence-corrected chi connectivity index (χ3v) is 9.49. The molecular weight excluding hydrogens is 292 g/mol. The van der Waals surface area contributed by atoms with Crippen LogP contribution in [0.25, 0.3) is 0 Å². The Bertz CT molecular complexity index is 474. The van der Waals surface area contributed by atoms with Gasteiger partial charge in [0.1, 0.15) is 11.6 Å². The Morgan fingerprint density at radius 1 is 1.09 bits per heavy atom. The molecule has 1 saturated carbocycles. The minimum atomic E-state index is -1.66. The maximum atomic E-state index is 6.51. The van der Waals surface area contributed by atoms with Crippen molar-refractivity contribution in [3.8, 4) is 5.75 Å². The minimum Gasteiger partial charge on any atom is -0.489 e. The number of nitrogen functional groups attached to an aromatic ring is 1. The Balaban J connectivity index is 1.82. The van der Waals surface area contributed by atoms with Crippen molar-refractivity contribution in [3.05, 3.63) is 18.3 Å². The highest BCUT2D eigenvalue weighted by Gasteiger charge is 2.39. The highest BCUT2D eigenvalue weighted by molar-refractivity contribution is 6.74. The smallest absolute Gasteiger partial charge is 0.192 e. The summed E-state index contributed by atoms with van der Waals surface area (Å²) >= 11 is 0. The van der Waals surface area contributed by atoms with Crippen LogP contribution >= 0.6 is 0 Å². The molecule has 0 radical (unpaired) electrons. The number of ether oxygens (including phenoxy) is 1. The number of pyridine rings is 1. The van der Waals surface area contributed by atoms with Gasteiger partial charge in [-0.15, -0.1) is 0 Å². The molecule has 1 aromatic rings. The van der Waals surface area contributed by atoms with E-state index < -0.39 is 8.32 Å². The van der Waals surface area contributed by atoms with E-state index in [0.29, 0.717) is 11.9 Å². The summed E-state index contributed by atoms with van der Waals surface area (Å²) in [6, 6.07) is 3.67. The van der Waals surface area contributed by atoms with Gasteiger partial charge in [0.25, 0.3) is 0 Å². The van der Waals surface area contributed by atoms with Gasteiger partial charge < -0.3 is 14.9 Å². The lowest BCUT2D eigenvalue weighted by molar-refractivity contribution is 0.0724. The summed E-state index contributed by atoms with van der Waals surface area (Å²) in [5.41, 5.74) is 5.59. The van der Waals surface area contributed by atoms with Gasteiger partial charge in [0.2, 0.25) is 0 Å². The summed E-state index contributed by atoms with van der Waals surface area (Å²) in [6.45, 7) is 11.5. The molecular formula is C17H30N2O2Si. The zero-order valence-corrected chi connectivity index (χ0v) is 15.6. The fourth-order valence-corrected chi connectivity index (χ4v) is 3.94. The molecule has 22 heavy (non-hydrogen) atoms. The van der Waals surface area contributed by atoms with Gasteiger partial charge in [-0.1, -0.05) is 20.8 Å². The van der Waals surface area contributed by atoms with E-state index in [1.165, 1.54) is 0 Å². The lowest BCUT2D eigenvalue weighted by atomic mass is 9.95. The fraction of sp³-hybridized carbons (Fsp3) is 0.706. The van der Waals surface area contributed by atoms with Gasteiger partial charge in [0, 0.05) is 6.10 Å². The Kier molecular flexibility index (Phi) is 5.17. The number of rotatable bonds is 4. The molecule has 0 unspecified atom stereocenters. The highest BCUT2D eigenvalue weighted by atomic mass is 28.4. The number of aromatic nitrogens is 1. The van der Waals surface area contributed by atoms with Gasteiger partial charge in [0.05, 0.1) is 12.3 Å². The molecule has 0 saturated heterocycles. The number of hydrogen-bond acceptors (Lipinski definition) is 4. The molecule has 1 aliphatic rings. The molecule has 0 aromatic carbocycles.